The molecule has 0 saturated carbocycles. The van der Waals surface area contributed by atoms with Gasteiger partial charge >= 0.3 is 0 Å². The summed E-state index contributed by atoms with van der Waals surface area (Å²) in [5, 5.41) is 33.7. The summed E-state index contributed by atoms with van der Waals surface area (Å²) in [7, 11) is 0. The fourth-order valence-electron chi connectivity index (χ4n) is 4.95. The maximum atomic E-state index is 12.7. The molecule has 0 spiro atoms. The van der Waals surface area contributed by atoms with E-state index in [1.165, 1.54) is 37.7 Å². The summed E-state index contributed by atoms with van der Waals surface area (Å²) in [5.41, 5.74) is 2.30. The van der Waals surface area contributed by atoms with Crippen molar-refractivity contribution in [1.82, 2.24) is 10.2 Å². The van der Waals surface area contributed by atoms with E-state index >= 15 is 0 Å². The lowest BCUT2D eigenvalue weighted by Gasteiger charge is -2.32. The van der Waals surface area contributed by atoms with E-state index < -0.39 is 18.2 Å². The Balaban J connectivity index is 1.50. The molecule has 1 aliphatic carbocycles. The van der Waals surface area contributed by atoms with Gasteiger partial charge in [-0.2, -0.15) is 0 Å². The lowest BCUT2D eigenvalue weighted by molar-refractivity contribution is -0.123. The molecule has 168 valence electrons. The Morgan fingerprint density at radius 3 is 2.40 bits per heavy atom. The highest BCUT2D eigenvalue weighted by Gasteiger charge is 2.47. The van der Waals surface area contributed by atoms with Gasteiger partial charge in [0.1, 0.15) is 0 Å². The fraction of sp³-hybridized carbons (Fsp3) is 0.708. The lowest BCUT2D eigenvalue weighted by atomic mass is 9.77. The molecule has 2 aliphatic rings. The summed E-state index contributed by atoms with van der Waals surface area (Å²) >= 11 is 0. The summed E-state index contributed by atoms with van der Waals surface area (Å²) in [6.45, 7) is 3.00. The zero-order valence-electron chi connectivity index (χ0n) is 18.2. The molecular formula is C24H38N2O4. The highest BCUT2D eigenvalue weighted by atomic mass is 16.3. The Bertz CT molecular complexity index is 683. The number of fused-ring (bicyclic) bond motifs is 1. The summed E-state index contributed by atoms with van der Waals surface area (Å²) in [6, 6.07) is 7.12. The number of likely N-dealkylation sites (tertiary alicyclic amines) is 1. The van der Waals surface area contributed by atoms with E-state index in [4.69, 9.17) is 0 Å². The van der Waals surface area contributed by atoms with E-state index in [-0.39, 0.29) is 31.0 Å². The predicted molar refractivity (Wildman–Crippen MR) is 117 cm³/mol. The molecule has 1 aliphatic heterocycles. The first kappa shape index (κ1) is 23.2. The van der Waals surface area contributed by atoms with Gasteiger partial charge in [-0.05, 0) is 30.5 Å². The Morgan fingerprint density at radius 1 is 1.03 bits per heavy atom. The number of aliphatic hydroxyl groups is 3. The zero-order chi connectivity index (χ0) is 21.5. The van der Waals surface area contributed by atoms with Crippen LogP contribution in [0.2, 0.25) is 0 Å². The maximum Gasteiger partial charge on any atom is 0.227 e. The van der Waals surface area contributed by atoms with Crippen LogP contribution in [0.1, 0.15) is 68.9 Å². The number of aliphatic hydroxyl groups excluding tert-OH is 3. The third-order valence-corrected chi connectivity index (χ3v) is 6.85. The molecule has 1 fully saturated rings. The maximum absolute atomic E-state index is 12.7. The zero-order valence-corrected chi connectivity index (χ0v) is 18.2. The van der Waals surface area contributed by atoms with Crippen molar-refractivity contribution in [1.29, 1.82) is 0 Å². The number of unbranched alkanes of at least 4 members (excludes halogenated alkanes) is 6. The van der Waals surface area contributed by atoms with Crippen molar-refractivity contribution >= 4 is 5.91 Å². The summed E-state index contributed by atoms with van der Waals surface area (Å²) in [6.07, 6.45) is 7.06. The first-order valence-corrected chi connectivity index (χ1v) is 11.7. The fourth-order valence-corrected chi connectivity index (χ4v) is 4.95. The van der Waals surface area contributed by atoms with Gasteiger partial charge in [-0.15, -0.1) is 0 Å². The summed E-state index contributed by atoms with van der Waals surface area (Å²) in [5.74, 6) is -0.159. The van der Waals surface area contributed by atoms with Gasteiger partial charge in [-0.1, -0.05) is 69.7 Å². The van der Waals surface area contributed by atoms with Crippen LogP contribution in [0.5, 0.6) is 0 Å². The summed E-state index contributed by atoms with van der Waals surface area (Å²) < 4.78 is 0. The summed E-state index contributed by atoms with van der Waals surface area (Å²) in [4.78, 5) is 14.6. The lowest BCUT2D eigenvalue weighted by Crippen LogP contribution is -2.49. The van der Waals surface area contributed by atoms with E-state index in [2.05, 4.69) is 12.2 Å². The SMILES string of the molecule is CCCCCCCCCN1[C@H](CO)[C@@H](O)[C@H](O)[C@H]1CNC(=O)C1Cc2ccccc21. The van der Waals surface area contributed by atoms with Gasteiger partial charge in [-0.3, -0.25) is 9.69 Å². The molecule has 1 unspecified atom stereocenters. The normalized spacial score (nSPS) is 28.2. The molecule has 6 nitrogen and oxygen atoms in total. The minimum atomic E-state index is -0.995. The van der Waals surface area contributed by atoms with Crippen LogP contribution in [0.4, 0.5) is 0 Å². The minimum absolute atomic E-state index is 0.0290. The van der Waals surface area contributed by atoms with Gasteiger partial charge in [0.15, 0.2) is 0 Å². The molecule has 0 aromatic heterocycles. The second-order valence-corrected chi connectivity index (χ2v) is 8.86. The van der Waals surface area contributed by atoms with Gasteiger partial charge in [0, 0.05) is 6.54 Å². The van der Waals surface area contributed by atoms with Crippen molar-refractivity contribution in [2.45, 2.75) is 88.5 Å². The van der Waals surface area contributed by atoms with Crippen LogP contribution in [0.3, 0.4) is 0 Å². The predicted octanol–water partition coefficient (Wildman–Crippen LogP) is 1.96. The average molecular weight is 419 g/mol. The number of nitrogens with zero attached hydrogens (tertiary/aromatic N) is 1. The van der Waals surface area contributed by atoms with E-state index in [1.807, 2.05) is 29.2 Å². The Labute approximate surface area is 180 Å². The van der Waals surface area contributed by atoms with Gasteiger partial charge in [-0.25, -0.2) is 0 Å². The quantitative estimate of drug-likeness (QED) is 0.390. The molecule has 30 heavy (non-hydrogen) atoms. The number of amides is 1. The van der Waals surface area contributed by atoms with E-state index in [9.17, 15) is 20.1 Å². The van der Waals surface area contributed by atoms with Crippen molar-refractivity contribution in [3.8, 4) is 0 Å². The minimum Gasteiger partial charge on any atom is -0.395 e. The van der Waals surface area contributed by atoms with Crippen molar-refractivity contribution in [3.63, 3.8) is 0 Å². The number of hydrogen-bond acceptors (Lipinski definition) is 5. The molecule has 1 heterocycles. The average Bonchev–Trinajstić information content (AvgIpc) is 2.96. The van der Waals surface area contributed by atoms with Crippen LogP contribution < -0.4 is 5.32 Å². The Kier molecular flexibility index (Phi) is 8.69. The van der Waals surface area contributed by atoms with Gasteiger partial charge in [0.05, 0.1) is 36.8 Å². The van der Waals surface area contributed by atoms with E-state index in [0.29, 0.717) is 6.54 Å². The van der Waals surface area contributed by atoms with Crippen LogP contribution >= 0.6 is 0 Å². The molecule has 4 N–H and O–H groups in total. The van der Waals surface area contributed by atoms with Crippen LogP contribution in [-0.4, -0.2) is 70.1 Å². The third kappa shape index (κ3) is 5.22. The number of carbonyl (C=O) groups excluding carboxylic acids is 1. The van der Waals surface area contributed by atoms with Gasteiger partial charge in [0.25, 0.3) is 0 Å². The number of rotatable bonds is 12. The van der Waals surface area contributed by atoms with Crippen LogP contribution in [0.25, 0.3) is 0 Å². The Hall–Kier alpha value is -1.47. The molecule has 1 aromatic rings. The number of carbonyl (C=O) groups is 1. The van der Waals surface area contributed by atoms with Crippen LogP contribution in [0, 0.1) is 0 Å². The number of nitrogens with one attached hydrogen (secondary N) is 1. The second-order valence-electron chi connectivity index (χ2n) is 8.86. The first-order valence-electron chi connectivity index (χ1n) is 11.7. The smallest absolute Gasteiger partial charge is 0.227 e. The topological polar surface area (TPSA) is 93.0 Å². The third-order valence-electron chi connectivity index (χ3n) is 6.85. The molecule has 1 aromatic carbocycles. The largest absolute Gasteiger partial charge is 0.395 e. The number of hydrogen-bond donors (Lipinski definition) is 4. The number of benzene rings is 1. The van der Waals surface area contributed by atoms with Crippen molar-refractivity contribution < 1.29 is 20.1 Å². The molecule has 0 radical (unpaired) electrons. The monoisotopic (exact) mass is 418 g/mol. The van der Waals surface area contributed by atoms with Crippen molar-refractivity contribution in [3.05, 3.63) is 35.4 Å². The second kappa shape index (κ2) is 11.2. The highest BCUT2D eigenvalue weighted by molar-refractivity contribution is 5.86. The van der Waals surface area contributed by atoms with Gasteiger partial charge in [0.2, 0.25) is 5.91 Å². The molecule has 3 rings (SSSR count). The molecule has 1 saturated heterocycles. The van der Waals surface area contributed by atoms with Crippen molar-refractivity contribution in [2.75, 3.05) is 19.7 Å². The standard InChI is InChI=1S/C24H38N2O4/c1-2-3-4-5-6-7-10-13-26-20(22(28)23(29)21(26)16-27)15-25-24(30)19-14-17-11-8-9-12-18(17)19/h8-9,11-12,19-23,27-29H,2-7,10,13-16H2,1H3,(H,25,30)/t19?,20-,21-,22-,23-/m1/s1. The van der Waals surface area contributed by atoms with Crippen LogP contribution in [0.15, 0.2) is 24.3 Å². The molecule has 6 heteroatoms. The van der Waals surface area contributed by atoms with Crippen molar-refractivity contribution in [2.24, 2.45) is 0 Å². The molecule has 1 amide bonds. The van der Waals surface area contributed by atoms with E-state index in [1.54, 1.807) is 0 Å². The molecule has 5 atom stereocenters. The van der Waals surface area contributed by atoms with Crippen LogP contribution in [-0.2, 0) is 11.2 Å². The van der Waals surface area contributed by atoms with E-state index in [0.717, 1.165) is 24.8 Å². The molecule has 0 bridgehead atoms. The first-order chi connectivity index (χ1) is 14.6. The van der Waals surface area contributed by atoms with Gasteiger partial charge < -0.3 is 20.6 Å². The Morgan fingerprint density at radius 2 is 1.70 bits per heavy atom. The highest BCUT2D eigenvalue weighted by Crippen LogP contribution is 2.35. The molecular weight excluding hydrogens is 380 g/mol.